The van der Waals surface area contributed by atoms with Crippen LogP contribution in [0.1, 0.15) is 25.7 Å². The minimum atomic E-state index is 0.699. The molecule has 0 amide bonds. The van der Waals surface area contributed by atoms with E-state index < -0.39 is 0 Å². The van der Waals surface area contributed by atoms with E-state index in [0.717, 1.165) is 70.7 Å². The van der Waals surface area contributed by atoms with Crippen LogP contribution in [0.4, 0.5) is 11.5 Å². The van der Waals surface area contributed by atoms with Crippen LogP contribution in [0.25, 0.3) is 10.9 Å². The molecule has 0 atom stereocenters. The number of rotatable bonds is 0. The Labute approximate surface area is 160 Å². The monoisotopic (exact) mass is 413 g/mol. The summed E-state index contributed by atoms with van der Waals surface area (Å²) in [7, 11) is 0. The third kappa shape index (κ3) is 3.90. The van der Waals surface area contributed by atoms with Gasteiger partial charge in [0.1, 0.15) is 23.6 Å². The summed E-state index contributed by atoms with van der Waals surface area (Å²) in [6, 6.07) is 11.9. The Hall–Kier alpha value is -2.34. The van der Waals surface area contributed by atoms with Gasteiger partial charge in [-0.25, -0.2) is 9.97 Å². The maximum atomic E-state index is 6.01. The zero-order valence-electron chi connectivity index (χ0n) is 14.4. The van der Waals surface area contributed by atoms with E-state index in [9.17, 15) is 0 Å². The minimum absolute atomic E-state index is 0.699. The molecule has 4 rings (SSSR count). The summed E-state index contributed by atoms with van der Waals surface area (Å²) in [5.41, 5.74) is 1.75. The number of anilines is 2. The van der Waals surface area contributed by atoms with Gasteiger partial charge >= 0.3 is 0 Å². The first kappa shape index (κ1) is 17.1. The highest BCUT2D eigenvalue weighted by Gasteiger charge is 2.11. The highest BCUT2D eigenvalue weighted by Crippen LogP contribution is 2.33. The van der Waals surface area contributed by atoms with Crippen molar-refractivity contribution in [1.82, 2.24) is 9.97 Å². The van der Waals surface area contributed by atoms with Crippen LogP contribution in [0.3, 0.4) is 0 Å². The van der Waals surface area contributed by atoms with E-state index in [-0.39, 0.29) is 0 Å². The Morgan fingerprint density at radius 2 is 1.73 bits per heavy atom. The topological polar surface area (TPSA) is 56.3 Å². The average Bonchev–Trinajstić information content (AvgIpc) is 2.65. The maximum Gasteiger partial charge on any atom is 0.142 e. The van der Waals surface area contributed by atoms with Crippen molar-refractivity contribution in [3.63, 3.8) is 0 Å². The van der Waals surface area contributed by atoms with Crippen molar-refractivity contribution in [2.45, 2.75) is 25.7 Å². The minimum Gasteiger partial charge on any atom is -0.494 e. The van der Waals surface area contributed by atoms with Gasteiger partial charge in [-0.15, -0.1) is 0 Å². The van der Waals surface area contributed by atoms with Crippen molar-refractivity contribution < 1.29 is 9.47 Å². The molecule has 0 fully saturated rings. The maximum absolute atomic E-state index is 6.01. The summed E-state index contributed by atoms with van der Waals surface area (Å²) in [6.45, 7) is 1.42. The molecule has 0 saturated carbocycles. The van der Waals surface area contributed by atoms with Gasteiger partial charge in [0.25, 0.3) is 0 Å². The van der Waals surface area contributed by atoms with Gasteiger partial charge in [-0.05, 0) is 62.1 Å². The standard InChI is InChI=1S/C20H20BrN3O2/c21-14-5-8-19-18(11-14)24-20-16-12-15(6-7-17(16)22-13-23-20)25-9-3-1-2-4-10-26-19/h5-8,11-13H,1-4,9-10H2,(H,22,23,24). The first-order valence-corrected chi connectivity index (χ1v) is 9.66. The highest BCUT2D eigenvalue weighted by atomic mass is 79.9. The summed E-state index contributed by atoms with van der Waals surface area (Å²) < 4.78 is 12.9. The molecule has 26 heavy (non-hydrogen) atoms. The lowest BCUT2D eigenvalue weighted by Gasteiger charge is -2.14. The van der Waals surface area contributed by atoms with Gasteiger partial charge < -0.3 is 14.8 Å². The molecule has 1 aromatic heterocycles. The molecule has 1 N–H and O–H groups in total. The number of halogens is 1. The molecular formula is C20H20BrN3O2. The molecule has 2 aromatic carbocycles. The summed E-state index contributed by atoms with van der Waals surface area (Å²) >= 11 is 3.54. The smallest absolute Gasteiger partial charge is 0.142 e. The van der Waals surface area contributed by atoms with Gasteiger partial charge in [-0.2, -0.15) is 0 Å². The number of hydrogen-bond donors (Lipinski definition) is 1. The van der Waals surface area contributed by atoms with Crippen LogP contribution in [-0.2, 0) is 0 Å². The van der Waals surface area contributed by atoms with Crippen molar-refractivity contribution in [1.29, 1.82) is 0 Å². The van der Waals surface area contributed by atoms with E-state index in [1.165, 1.54) is 0 Å². The van der Waals surface area contributed by atoms with Gasteiger partial charge in [0, 0.05) is 9.86 Å². The molecule has 1 aliphatic heterocycles. The van der Waals surface area contributed by atoms with E-state index in [1.807, 2.05) is 36.4 Å². The molecule has 3 aromatic rings. The van der Waals surface area contributed by atoms with Crippen molar-refractivity contribution in [2.75, 3.05) is 18.5 Å². The quantitative estimate of drug-likeness (QED) is 0.529. The number of nitrogens with one attached hydrogen (secondary N) is 1. The lowest BCUT2D eigenvalue weighted by atomic mass is 10.2. The second-order valence-electron chi connectivity index (χ2n) is 6.28. The van der Waals surface area contributed by atoms with Crippen LogP contribution in [0, 0.1) is 0 Å². The van der Waals surface area contributed by atoms with Crippen LogP contribution >= 0.6 is 15.9 Å². The average molecular weight is 414 g/mol. The fourth-order valence-corrected chi connectivity index (χ4v) is 3.37. The molecule has 5 nitrogen and oxygen atoms in total. The van der Waals surface area contributed by atoms with Crippen LogP contribution in [0.5, 0.6) is 11.5 Å². The summed E-state index contributed by atoms with van der Waals surface area (Å²) in [6.07, 6.45) is 5.90. The zero-order chi connectivity index (χ0) is 17.8. The molecule has 2 heterocycles. The summed E-state index contributed by atoms with van der Waals surface area (Å²) in [4.78, 5) is 8.80. The van der Waals surface area contributed by atoms with E-state index in [4.69, 9.17) is 9.47 Å². The molecule has 0 unspecified atom stereocenters. The molecule has 0 aliphatic carbocycles. The second-order valence-corrected chi connectivity index (χ2v) is 7.19. The van der Waals surface area contributed by atoms with Crippen molar-refractivity contribution >= 4 is 38.3 Å². The van der Waals surface area contributed by atoms with E-state index in [2.05, 4.69) is 31.2 Å². The van der Waals surface area contributed by atoms with Crippen molar-refractivity contribution in [3.05, 3.63) is 47.2 Å². The fourth-order valence-electron chi connectivity index (χ4n) is 3.01. The molecular weight excluding hydrogens is 394 g/mol. The van der Waals surface area contributed by atoms with Gasteiger partial charge in [0.05, 0.1) is 24.4 Å². The van der Waals surface area contributed by atoms with E-state index in [0.29, 0.717) is 6.61 Å². The highest BCUT2D eigenvalue weighted by molar-refractivity contribution is 9.10. The lowest BCUT2D eigenvalue weighted by molar-refractivity contribution is 0.288. The van der Waals surface area contributed by atoms with E-state index in [1.54, 1.807) is 6.33 Å². The SMILES string of the molecule is Brc1ccc2c(c1)Nc1ncnc3ccc(cc13)OCCCCCCO2. The van der Waals surface area contributed by atoms with Crippen molar-refractivity contribution in [2.24, 2.45) is 0 Å². The lowest BCUT2D eigenvalue weighted by Crippen LogP contribution is -2.02. The number of ether oxygens (including phenoxy) is 2. The fraction of sp³-hybridized carbons (Fsp3) is 0.300. The first-order valence-electron chi connectivity index (χ1n) is 8.86. The Morgan fingerprint density at radius 3 is 2.62 bits per heavy atom. The predicted molar refractivity (Wildman–Crippen MR) is 106 cm³/mol. The number of fused-ring (bicyclic) bond motifs is 2. The normalized spacial score (nSPS) is 15.1. The van der Waals surface area contributed by atoms with Crippen LogP contribution in [0.15, 0.2) is 47.2 Å². The van der Waals surface area contributed by atoms with E-state index >= 15 is 0 Å². The third-order valence-electron chi connectivity index (χ3n) is 4.37. The Morgan fingerprint density at radius 1 is 0.885 bits per heavy atom. The molecule has 0 radical (unpaired) electrons. The Kier molecular flexibility index (Phi) is 5.20. The summed E-state index contributed by atoms with van der Waals surface area (Å²) in [5, 5.41) is 4.33. The first-order chi connectivity index (χ1) is 12.8. The van der Waals surface area contributed by atoms with Gasteiger partial charge in [0.15, 0.2) is 0 Å². The molecule has 6 heteroatoms. The zero-order valence-corrected chi connectivity index (χ0v) is 16.0. The van der Waals surface area contributed by atoms with Gasteiger partial charge in [0.2, 0.25) is 0 Å². The molecule has 0 saturated heterocycles. The third-order valence-corrected chi connectivity index (χ3v) is 4.86. The van der Waals surface area contributed by atoms with Crippen molar-refractivity contribution in [3.8, 4) is 11.5 Å². The second kappa shape index (κ2) is 7.91. The van der Waals surface area contributed by atoms with Crippen LogP contribution in [0.2, 0.25) is 0 Å². The van der Waals surface area contributed by atoms with Gasteiger partial charge in [-0.1, -0.05) is 15.9 Å². The number of aromatic nitrogens is 2. The number of benzene rings is 2. The largest absolute Gasteiger partial charge is 0.494 e. The molecule has 1 aliphatic rings. The molecule has 134 valence electrons. The Bertz CT molecular complexity index is 917. The molecule has 2 bridgehead atoms. The number of hydrogen-bond acceptors (Lipinski definition) is 5. The number of nitrogens with zero attached hydrogens (tertiary/aromatic N) is 2. The Balaban J connectivity index is 1.77. The van der Waals surface area contributed by atoms with Crippen LogP contribution < -0.4 is 14.8 Å². The molecule has 0 spiro atoms. The van der Waals surface area contributed by atoms with Crippen LogP contribution in [-0.4, -0.2) is 23.2 Å². The summed E-state index contributed by atoms with van der Waals surface area (Å²) in [5.74, 6) is 2.40. The van der Waals surface area contributed by atoms with Gasteiger partial charge in [-0.3, -0.25) is 0 Å². The predicted octanol–water partition coefficient (Wildman–Crippen LogP) is 5.47.